The molecule has 19 heavy (non-hydrogen) atoms. The monoisotopic (exact) mass is 262 g/mol. The van der Waals surface area contributed by atoms with E-state index in [1.165, 1.54) is 12.1 Å². The zero-order chi connectivity index (χ0) is 13.7. The molecule has 0 spiro atoms. The molecule has 0 bridgehead atoms. The predicted octanol–water partition coefficient (Wildman–Crippen LogP) is 2.48. The number of anilines is 1. The Morgan fingerprint density at radius 3 is 2.47 bits per heavy atom. The van der Waals surface area contributed by atoms with Gasteiger partial charge >= 0.3 is 0 Å². The molecule has 2 rings (SSSR count). The molecular weight excluding hydrogens is 244 g/mol. The number of nitro benzene ring substituents is 1. The van der Waals surface area contributed by atoms with Crippen molar-refractivity contribution in [2.45, 2.75) is 19.8 Å². The van der Waals surface area contributed by atoms with Crippen LogP contribution < -0.4 is 5.43 Å². The fourth-order valence-corrected chi connectivity index (χ4v) is 2.04. The molecule has 1 aromatic rings. The molecule has 1 aromatic carbocycles. The van der Waals surface area contributed by atoms with Crippen LogP contribution >= 0.6 is 0 Å². The largest absolute Gasteiger partial charge is 0.303 e. The minimum absolute atomic E-state index is 0.0921. The van der Waals surface area contributed by atoms with Crippen molar-refractivity contribution < 1.29 is 4.92 Å². The Morgan fingerprint density at radius 2 is 1.95 bits per heavy atom. The van der Waals surface area contributed by atoms with Gasteiger partial charge in [-0.05, 0) is 18.7 Å². The minimum Gasteiger partial charge on any atom is -0.303 e. The molecule has 6 heteroatoms. The Hall–Kier alpha value is -1.95. The highest BCUT2D eigenvalue weighted by Crippen LogP contribution is 2.16. The van der Waals surface area contributed by atoms with Gasteiger partial charge in [0.15, 0.2) is 0 Å². The highest BCUT2D eigenvalue weighted by Gasteiger charge is 2.13. The summed E-state index contributed by atoms with van der Waals surface area (Å²) in [7, 11) is 0. The molecule has 0 saturated carbocycles. The summed E-state index contributed by atoms with van der Waals surface area (Å²) in [6.45, 7) is 5.36. The van der Waals surface area contributed by atoms with Gasteiger partial charge in [0.05, 0.1) is 10.6 Å². The highest BCUT2D eigenvalue weighted by atomic mass is 16.6. The van der Waals surface area contributed by atoms with Gasteiger partial charge in [0.2, 0.25) is 0 Å². The Kier molecular flexibility index (Phi) is 4.46. The maximum absolute atomic E-state index is 10.5. The van der Waals surface area contributed by atoms with E-state index < -0.39 is 4.92 Å². The third-order valence-corrected chi connectivity index (χ3v) is 3.30. The normalized spacial score (nSPS) is 16.2. The second-order valence-electron chi connectivity index (χ2n) is 4.53. The minimum atomic E-state index is -0.407. The molecule has 1 fully saturated rings. The van der Waals surface area contributed by atoms with Crippen molar-refractivity contribution in [1.82, 2.24) is 4.90 Å². The van der Waals surface area contributed by atoms with Crippen LogP contribution in [0.15, 0.2) is 29.4 Å². The first-order valence-corrected chi connectivity index (χ1v) is 6.47. The summed E-state index contributed by atoms with van der Waals surface area (Å²) >= 11 is 0. The van der Waals surface area contributed by atoms with Crippen molar-refractivity contribution in [3.63, 3.8) is 0 Å². The molecule has 0 unspecified atom stereocenters. The topological polar surface area (TPSA) is 70.8 Å². The van der Waals surface area contributed by atoms with E-state index in [9.17, 15) is 10.1 Å². The van der Waals surface area contributed by atoms with Crippen LogP contribution in [0, 0.1) is 10.1 Å². The van der Waals surface area contributed by atoms with Gasteiger partial charge in [-0.25, -0.2) is 0 Å². The van der Waals surface area contributed by atoms with E-state index in [1.807, 2.05) is 0 Å². The summed E-state index contributed by atoms with van der Waals surface area (Å²) in [4.78, 5) is 12.5. The van der Waals surface area contributed by atoms with E-state index in [2.05, 4.69) is 22.4 Å². The van der Waals surface area contributed by atoms with E-state index >= 15 is 0 Å². The molecule has 1 N–H and O–H groups in total. The average molecular weight is 262 g/mol. The van der Waals surface area contributed by atoms with Crippen molar-refractivity contribution in [3.8, 4) is 0 Å². The van der Waals surface area contributed by atoms with Gasteiger partial charge in [-0.1, -0.05) is 6.92 Å². The zero-order valence-electron chi connectivity index (χ0n) is 11.0. The van der Waals surface area contributed by atoms with Gasteiger partial charge in [0, 0.05) is 43.8 Å². The number of non-ortho nitro benzene ring substituents is 1. The number of hydrogen-bond donors (Lipinski definition) is 1. The number of benzene rings is 1. The number of rotatable bonds is 4. The van der Waals surface area contributed by atoms with Crippen LogP contribution in [0.5, 0.6) is 0 Å². The van der Waals surface area contributed by atoms with Gasteiger partial charge in [0.1, 0.15) is 0 Å². The number of hydrogen-bond acceptors (Lipinski definition) is 5. The fraction of sp³-hybridized carbons (Fsp3) is 0.462. The van der Waals surface area contributed by atoms with Gasteiger partial charge in [-0.15, -0.1) is 0 Å². The lowest BCUT2D eigenvalue weighted by atomic mass is 10.1. The Bertz CT molecular complexity index is 460. The third kappa shape index (κ3) is 3.75. The summed E-state index contributed by atoms with van der Waals surface area (Å²) in [5.41, 5.74) is 4.98. The average Bonchev–Trinajstić information content (AvgIpc) is 2.46. The summed E-state index contributed by atoms with van der Waals surface area (Å²) in [6.07, 6.45) is 1.96. The van der Waals surface area contributed by atoms with Crippen LogP contribution in [0.3, 0.4) is 0 Å². The SMILES string of the molecule is CCN1CCC(=NNc2ccc([N+](=O)[O-])cc2)CC1. The molecular formula is C13H18N4O2. The summed E-state index contributed by atoms with van der Waals surface area (Å²) in [6, 6.07) is 6.29. The standard InChI is InChI=1S/C13H18N4O2/c1-2-16-9-7-12(8-10-16)15-14-11-3-5-13(6-4-11)17(18)19/h3-6,14H,2,7-10H2,1H3. The lowest BCUT2D eigenvalue weighted by molar-refractivity contribution is -0.384. The lowest BCUT2D eigenvalue weighted by Gasteiger charge is -2.25. The van der Waals surface area contributed by atoms with E-state index in [-0.39, 0.29) is 5.69 Å². The molecule has 0 radical (unpaired) electrons. The predicted molar refractivity (Wildman–Crippen MR) is 75.5 cm³/mol. The van der Waals surface area contributed by atoms with Crippen LogP contribution in [-0.4, -0.2) is 35.2 Å². The van der Waals surface area contributed by atoms with Crippen molar-refractivity contribution in [2.75, 3.05) is 25.1 Å². The first kappa shape index (κ1) is 13.5. The van der Waals surface area contributed by atoms with Gasteiger partial charge in [-0.3, -0.25) is 15.5 Å². The Balaban J connectivity index is 1.90. The van der Waals surface area contributed by atoms with Crippen molar-refractivity contribution in [3.05, 3.63) is 34.4 Å². The molecule has 1 saturated heterocycles. The molecule has 0 aromatic heterocycles. The maximum Gasteiger partial charge on any atom is 0.269 e. The summed E-state index contributed by atoms with van der Waals surface area (Å²) in [5, 5.41) is 14.9. The molecule has 1 heterocycles. The summed E-state index contributed by atoms with van der Waals surface area (Å²) < 4.78 is 0. The fourth-order valence-electron chi connectivity index (χ4n) is 2.04. The Morgan fingerprint density at radius 1 is 1.32 bits per heavy atom. The van der Waals surface area contributed by atoms with E-state index in [0.717, 1.165) is 43.9 Å². The van der Waals surface area contributed by atoms with Gasteiger partial charge in [0.25, 0.3) is 5.69 Å². The third-order valence-electron chi connectivity index (χ3n) is 3.30. The second kappa shape index (κ2) is 6.29. The number of piperidine rings is 1. The van der Waals surface area contributed by atoms with E-state index in [0.29, 0.717) is 0 Å². The van der Waals surface area contributed by atoms with Crippen molar-refractivity contribution in [1.29, 1.82) is 0 Å². The number of nitro groups is 1. The first-order chi connectivity index (χ1) is 9.19. The summed E-state index contributed by atoms with van der Waals surface area (Å²) in [5.74, 6) is 0. The van der Waals surface area contributed by atoms with Crippen LogP contribution in [0.1, 0.15) is 19.8 Å². The number of nitrogens with zero attached hydrogens (tertiary/aromatic N) is 3. The van der Waals surface area contributed by atoms with Gasteiger partial charge in [-0.2, -0.15) is 5.10 Å². The zero-order valence-corrected chi connectivity index (χ0v) is 11.0. The van der Waals surface area contributed by atoms with E-state index in [4.69, 9.17) is 0 Å². The van der Waals surface area contributed by atoms with E-state index in [1.54, 1.807) is 12.1 Å². The van der Waals surface area contributed by atoms with Crippen LogP contribution in [0.4, 0.5) is 11.4 Å². The lowest BCUT2D eigenvalue weighted by Crippen LogP contribution is -2.33. The van der Waals surface area contributed by atoms with Crippen molar-refractivity contribution >= 4 is 17.1 Å². The van der Waals surface area contributed by atoms with Crippen LogP contribution in [0.25, 0.3) is 0 Å². The molecule has 1 aliphatic heterocycles. The Labute approximate surface area is 112 Å². The van der Waals surface area contributed by atoms with Crippen molar-refractivity contribution in [2.24, 2.45) is 5.10 Å². The van der Waals surface area contributed by atoms with Crippen LogP contribution in [0.2, 0.25) is 0 Å². The molecule has 0 aliphatic carbocycles. The molecule has 0 amide bonds. The molecule has 0 atom stereocenters. The molecule has 1 aliphatic rings. The smallest absolute Gasteiger partial charge is 0.269 e. The maximum atomic E-state index is 10.5. The highest BCUT2D eigenvalue weighted by molar-refractivity contribution is 5.86. The quantitative estimate of drug-likeness (QED) is 0.668. The molecule has 102 valence electrons. The second-order valence-corrected chi connectivity index (χ2v) is 4.53. The molecule has 6 nitrogen and oxygen atoms in total. The number of nitrogens with one attached hydrogen (secondary N) is 1. The number of hydrazone groups is 1. The first-order valence-electron chi connectivity index (χ1n) is 6.47. The van der Waals surface area contributed by atoms with Gasteiger partial charge < -0.3 is 4.90 Å². The van der Waals surface area contributed by atoms with Crippen LogP contribution in [-0.2, 0) is 0 Å². The number of likely N-dealkylation sites (tertiary alicyclic amines) is 1.